The summed E-state index contributed by atoms with van der Waals surface area (Å²) in [5.74, 6) is 0. The monoisotopic (exact) mass is 285 g/mol. The summed E-state index contributed by atoms with van der Waals surface area (Å²) in [5.41, 5.74) is 0. The molecule has 5 nitrogen and oxygen atoms in total. The van der Waals surface area contributed by atoms with Crippen molar-refractivity contribution in [3.8, 4) is 0 Å². The van der Waals surface area contributed by atoms with Crippen LogP contribution in [0, 0.1) is 0 Å². The number of hydrogen-bond donors (Lipinski definition) is 2. The molecule has 118 valence electrons. The Morgan fingerprint density at radius 3 is 2.90 bits per heavy atom. The number of rotatable bonds is 7. The summed E-state index contributed by atoms with van der Waals surface area (Å²) in [7, 11) is 1.72. The molecule has 1 aliphatic heterocycles. The van der Waals surface area contributed by atoms with Gasteiger partial charge >= 0.3 is 6.03 Å². The molecule has 0 aromatic carbocycles. The second-order valence-electron chi connectivity index (χ2n) is 5.95. The van der Waals surface area contributed by atoms with Crippen molar-refractivity contribution < 1.29 is 9.90 Å². The predicted molar refractivity (Wildman–Crippen MR) is 81.8 cm³/mol. The molecule has 0 spiro atoms. The molecule has 1 rings (SSSR count). The molecule has 2 unspecified atom stereocenters. The van der Waals surface area contributed by atoms with Crippen molar-refractivity contribution in [2.75, 3.05) is 33.2 Å². The molecule has 1 fully saturated rings. The average molecular weight is 285 g/mol. The minimum Gasteiger partial charge on any atom is -0.392 e. The van der Waals surface area contributed by atoms with Crippen LogP contribution in [0.2, 0.25) is 0 Å². The van der Waals surface area contributed by atoms with Crippen molar-refractivity contribution in [2.24, 2.45) is 0 Å². The summed E-state index contributed by atoms with van der Waals surface area (Å²) in [5, 5.41) is 12.3. The van der Waals surface area contributed by atoms with Gasteiger partial charge in [0.15, 0.2) is 0 Å². The van der Waals surface area contributed by atoms with Crippen molar-refractivity contribution in [1.29, 1.82) is 0 Å². The first kappa shape index (κ1) is 17.2. The zero-order valence-corrected chi connectivity index (χ0v) is 13.3. The van der Waals surface area contributed by atoms with Gasteiger partial charge in [0.2, 0.25) is 0 Å². The maximum atomic E-state index is 11.9. The highest BCUT2D eigenvalue weighted by molar-refractivity contribution is 5.73. The van der Waals surface area contributed by atoms with Crippen LogP contribution >= 0.6 is 0 Å². The molecule has 1 saturated heterocycles. The van der Waals surface area contributed by atoms with E-state index >= 15 is 0 Å². The fourth-order valence-electron chi connectivity index (χ4n) is 2.77. The maximum absolute atomic E-state index is 11.9. The molecular weight excluding hydrogens is 254 g/mol. The van der Waals surface area contributed by atoms with Gasteiger partial charge in [-0.15, -0.1) is 0 Å². The third-order valence-corrected chi connectivity index (χ3v) is 3.92. The van der Waals surface area contributed by atoms with Crippen molar-refractivity contribution in [2.45, 2.75) is 58.1 Å². The van der Waals surface area contributed by atoms with Gasteiger partial charge in [-0.05, 0) is 39.3 Å². The van der Waals surface area contributed by atoms with Gasteiger partial charge in [-0.2, -0.15) is 0 Å². The Kier molecular flexibility index (Phi) is 7.92. The first-order valence-corrected chi connectivity index (χ1v) is 7.95. The van der Waals surface area contributed by atoms with E-state index in [2.05, 4.69) is 17.1 Å². The Morgan fingerprint density at radius 2 is 2.25 bits per heavy atom. The summed E-state index contributed by atoms with van der Waals surface area (Å²) in [4.78, 5) is 16.0. The first-order valence-electron chi connectivity index (χ1n) is 7.95. The molecule has 20 heavy (non-hydrogen) atoms. The lowest BCUT2D eigenvalue weighted by atomic mass is 10.0. The Hall–Kier alpha value is -0.810. The molecule has 0 aliphatic carbocycles. The number of aliphatic hydroxyl groups excluding tert-OH is 1. The zero-order chi connectivity index (χ0) is 15.0. The Morgan fingerprint density at radius 1 is 1.50 bits per heavy atom. The van der Waals surface area contributed by atoms with E-state index in [0.29, 0.717) is 19.1 Å². The number of nitrogens with zero attached hydrogens (tertiary/aromatic N) is 2. The number of urea groups is 1. The van der Waals surface area contributed by atoms with E-state index in [4.69, 9.17) is 0 Å². The molecule has 0 radical (unpaired) electrons. The van der Waals surface area contributed by atoms with Gasteiger partial charge in [0.25, 0.3) is 0 Å². The SMILES string of the molecule is CCCCN1CCCCC1CNC(=O)N(C)CC(C)O. The summed E-state index contributed by atoms with van der Waals surface area (Å²) in [6.07, 6.45) is 5.66. The van der Waals surface area contributed by atoms with Gasteiger partial charge in [-0.25, -0.2) is 4.79 Å². The number of carbonyl (C=O) groups excluding carboxylic acids is 1. The Balaban J connectivity index is 2.35. The lowest BCUT2D eigenvalue weighted by molar-refractivity contribution is 0.130. The van der Waals surface area contributed by atoms with Gasteiger partial charge in [-0.1, -0.05) is 19.8 Å². The standard InChI is InChI=1S/C15H31N3O2/c1-4-5-9-18-10-7-6-8-14(18)11-16-15(20)17(3)12-13(2)19/h13-14,19H,4-12H2,1-3H3,(H,16,20). The Bertz CT molecular complexity index is 284. The fourth-order valence-corrected chi connectivity index (χ4v) is 2.77. The van der Waals surface area contributed by atoms with E-state index < -0.39 is 6.10 Å². The number of unbranched alkanes of at least 4 members (excludes halogenated alkanes) is 1. The van der Waals surface area contributed by atoms with Gasteiger partial charge in [0.05, 0.1) is 6.10 Å². The van der Waals surface area contributed by atoms with Crippen LogP contribution in [0.25, 0.3) is 0 Å². The van der Waals surface area contributed by atoms with E-state index in [1.165, 1.54) is 32.1 Å². The second-order valence-corrected chi connectivity index (χ2v) is 5.95. The summed E-state index contributed by atoms with van der Waals surface area (Å²) in [6.45, 7) is 7.29. The smallest absolute Gasteiger partial charge is 0.317 e. The van der Waals surface area contributed by atoms with E-state index in [1.807, 2.05) is 0 Å². The number of amides is 2. The summed E-state index contributed by atoms with van der Waals surface area (Å²) < 4.78 is 0. The molecule has 0 aromatic rings. The van der Waals surface area contributed by atoms with Crippen LogP contribution in [0.1, 0.15) is 46.0 Å². The predicted octanol–water partition coefficient (Wildman–Crippen LogP) is 1.66. The minimum absolute atomic E-state index is 0.0908. The van der Waals surface area contributed by atoms with Crippen LogP contribution in [0.4, 0.5) is 4.79 Å². The van der Waals surface area contributed by atoms with Crippen LogP contribution in [0.3, 0.4) is 0 Å². The lowest BCUT2D eigenvalue weighted by Crippen LogP contribution is -2.49. The first-order chi connectivity index (χ1) is 9.54. The quantitative estimate of drug-likeness (QED) is 0.748. The van der Waals surface area contributed by atoms with Crippen molar-refractivity contribution in [1.82, 2.24) is 15.1 Å². The van der Waals surface area contributed by atoms with Crippen LogP contribution < -0.4 is 5.32 Å². The molecule has 0 aromatic heterocycles. The molecule has 5 heteroatoms. The van der Waals surface area contributed by atoms with E-state index in [-0.39, 0.29) is 6.03 Å². The average Bonchev–Trinajstić information content (AvgIpc) is 2.42. The van der Waals surface area contributed by atoms with E-state index in [9.17, 15) is 9.90 Å². The number of hydrogen-bond acceptors (Lipinski definition) is 3. The van der Waals surface area contributed by atoms with Crippen molar-refractivity contribution in [3.63, 3.8) is 0 Å². The number of likely N-dealkylation sites (N-methyl/N-ethyl adjacent to an activating group) is 1. The highest BCUT2D eigenvalue weighted by Gasteiger charge is 2.22. The third-order valence-electron chi connectivity index (χ3n) is 3.92. The molecule has 1 aliphatic rings. The summed E-state index contributed by atoms with van der Waals surface area (Å²) >= 11 is 0. The topological polar surface area (TPSA) is 55.8 Å². The fraction of sp³-hybridized carbons (Fsp3) is 0.933. The molecule has 0 saturated carbocycles. The van der Waals surface area contributed by atoms with Crippen LogP contribution in [-0.4, -0.2) is 66.3 Å². The molecule has 2 N–H and O–H groups in total. The number of carbonyl (C=O) groups is 1. The number of nitrogens with one attached hydrogen (secondary N) is 1. The molecule has 0 bridgehead atoms. The summed E-state index contributed by atoms with van der Waals surface area (Å²) in [6, 6.07) is 0.381. The third kappa shape index (κ3) is 6.09. The minimum atomic E-state index is -0.485. The van der Waals surface area contributed by atoms with E-state index in [1.54, 1.807) is 18.9 Å². The highest BCUT2D eigenvalue weighted by Crippen LogP contribution is 2.17. The van der Waals surface area contributed by atoms with Gasteiger partial charge in [0.1, 0.15) is 0 Å². The van der Waals surface area contributed by atoms with E-state index in [0.717, 1.165) is 13.1 Å². The van der Waals surface area contributed by atoms with Crippen LogP contribution in [-0.2, 0) is 0 Å². The lowest BCUT2D eigenvalue weighted by Gasteiger charge is -2.36. The number of aliphatic hydroxyl groups is 1. The maximum Gasteiger partial charge on any atom is 0.317 e. The van der Waals surface area contributed by atoms with Crippen molar-refractivity contribution >= 4 is 6.03 Å². The van der Waals surface area contributed by atoms with Gasteiger partial charge in [-0.3, -0.25) is 4.90 Å². The Labute approximate surface area is 123 Å². The molecule has 1 heterocycles. The largest absolute Gasteiger partial charge is 0.392 e. The molecular formula is C15H31N3O2. The van der Waals surface area contributed by atoms with Crippen LogP contribution in [0.15, 0.2) is 0 Å². The molecule has 2 atom stereocenters. The number of likely N-dealkylation sites (tertiary alicyclic amines) is 1. The van der Waals surface area contributed by atoms with Crippen molar-refractivity contribution in [3.05, 3.63) is 0 Å². The second kappa shape index (κ2) is 9.19. The van der Waals surface area contributed by atoms with Gasteiger partial charge in [0, 0.05) is 26.2 Å². The normalized spacial score (nSPS) is 21.5. The van der Waals surface area contributed by atoms with Crippen LogP contribution in [0.5, 0.6) is 0 Å². The molecule has 2 amide bonds. The number of piperidine rings is 1. The zero-order valence-electron chi connectivity index (χ0n) is 13.3. The van der Waals surface area contributed by atoms with Gasteiger partial charge < -0.3 is 15.3 Å². The highest BCUT2D eigenvalue weighted by atomic mass is 16.3.